The van der Waals surface area contributed by atoms with Crippen LogP contribution < -0.4 is 0 Å². The zero-order chi connectivity index (χ0) is 20.2. The highest BCUT2D eigenvalue weighted by atomic mass is 19.1. The van der Waals surface area contributed by atoms with Gasteiger partial charge in [-0.2, -0.15) is 0 Å². The van der Waals surface area contributed by atoms with Crippen LogP contribution in [0.2, 0.25) is 0 Å². The number of rotatable bonds is 4. The number of benzene rings is 2. The number of carbonyl (C=O) groups excluding carboxylic acids is 1. The van der Waals surface area contributed by atoms with Gasteiger partial charge in [-0.3, -0.25) is 9.69 Å². The van der Waals surface area contributed by atoms with Crippen molar-refractivity contribution >= 4 is 5.91 Å². The molecule has 1 aromatic heterocycles. The van der Waals surface area contributed by atoms with E-state index < -0.39 is 0 Å². The molecule has 148 valence electrons. The smallest absolute Gasteiger partial charge is 0.272 e. The first-order chi connectivity index (χ1) is 14.1. The molecule has 2 aromatic carbocycles. The predicted octanol–water partition coefficient (Wildman–Crippen LogP) is 4.08. The van der Waals surface area contributed by atoms with Crippen LogP contribution in [-0.4, -0.2) is 46.9 Å². The Bertz CT molecular complexity index is 930. The van der Waals surface area contributed by atoms with Gasteiger partial charge in [0.2, 0.25) is 0 Å². The van der Waals surface area contributed by atoms with E-state index in [1.165, 1.54) is 17.2 Å². The molecule has 0 bridgehead atoms. The van der Waals surface area contributed by atoms with Crippen molar-refractivity contribution in [2.24, 2.45) is 0 Å². The van der Waals surface area contributed by atoms with Gasteiger partial charge >= 0.3 is 0 Å². The van der Waals surface area contributed by atoms with Crippen LogP contribution in [0.3, 0.4) is 0 Å². The topological polar surface area (TPSA) is 36.4 Å². The average molecular weight is 389 g/mol. The number of amides is 1. The van der Waals surface area contributed by atoms with Gasteiger partial charge in [-0.05, 0) is 29.7 Å². The van der Waals surface area contributed by atoms with Gasteiger partial charge in [0.05, 0.1) is 12.2 Å². The summed E-state index contributed by atoms with van der Waals surface area (Å²) in [6.07, 6.45) is 1.12. The van der Waals surface area contributed by atoms with Crippen molar-refractivity contribution in [3.05, 3.63) is 101 Å². The summed E-state index contributed by atoms with van der Waals surface area (Å²) in [4.78, 5) is 21.0. The largest absolute Gasteiger partial charge is 0.335 e. The first-order valence-electron chi connectivity index (χ1n) is 9.89. The highest BCUT2D eigenvalue weighted by Crippen LogP contribution is 2.29. The quantitative estimate of drug-likeness (QED) is 0.675. The number of piperazine rings is 1. The lowest BCUT2D eigenvalue weighted by atomic mass is 9.96. The lowest BCUT2D eigenvalue weighted by Gasteiger charge is -2.39. The van der Waals surface area contributed by atoms with Gasteiger partial charge in [0.15, 0.2) is 0 Å². The fraction of sp³-hybridized carbons (Fsp3) is 0.250. The van der Waals surface area contributed by atoms with Crippen molar-refractivity contribution in [3.63, 3.8) is 0 Å². The average Bonchev–Trinajstić information content (AvgIpc) is 2.77. The van der Waals surface area contributed by atoms with Gasteiger partial charge in [-0.1, -0.05) is 60.7 Å². The Morgan fingerprint density at radius 3 is 2.00 bits per heavy atom. The molecular weight excluding hydrogens is 365 g/mol. The molecule has 5 heteroatoms. The third-order valence-electron chi connectivity index (χ3n) is 5.46. The number of carbonyl (C=O) groups is 1. The summed E-state index contributed by atoms with van der Waals surface area (Å²) in [5, 5.41) is 0. The molecule has 0 saturated carbocycles. The molecule has 0 atom stereocenters. The molecule has 3 aromatic rings. The lowest BCUT2D eigenvalue weighted by Crippen LogP contribution is -2.50. The van der Waals surface area contributed by atoms with E-state index in [0.717, 1.165) is 19.3 Å². The molecule has 0 radical (unpaired) electrons. The third-order valence-corrected chi connectivity index (χ3v) is 5.46. The SMILES string of the molecule is Cc1cc(C(=O)N2CCN(C(c3ccccc3)c3ccccc3)CC2)ncc1F. The van der Waals surface area contributed by atoms with Gasteiger partial charge in [0, 0.05) is 26.2 Å². The molecule has 0 aliphatic carbocycles. The van der Waals surface area contributed by atoms with Crippen molar-refractivity contribution in [3.8, 4) is 0 Å². The van der Waals surface area contributed by atoms with Crippen molar-refractivity contribution in [2.75, 3.05) is 26.2 Å². The number of nitrogens with zero attached hydrogens (tertiary/aromatic N) is 3. The van der Waals surface area contributed by atoms with Gasteiger partial charge in [0.25, 0.3) is 5.91 Å². The molecular formula is C24H24FN3O. The van der Waals surface area contributed by atoms with Crippen LogP contribution in [0.15, 0.2) is 72.9 Å². The van der Waals surface area contributed by atoms with E-state index in [0.29, 0.717) is 24.3 Å². The second-order valence-electron chi connectivity index (χ2n) is 7.37. The Balaban J connectivity index is 1.51. The fourth-order valence-corrected chi connectivity index (χ4v) is 3.89. The van der Waals surface area contributed by atoms with Crippen LogP contribution in [-0.2, 0) is 0 Å². The Hall–Kier alpha value is -3.05. The summed E-state index contributed by atoms with van der Waals surface area (Å²) < 4.78 is 13.5. The molecule has 4 rings (SSSR count). The zero-order valence-corrected chi connectivity index (χ0v) is 16.5. The monoisotopic (exact) mass is 389 g/mol. The molecule has 2 heterocycles. The van der Waals surface area contributed by atoms with Crippen molar-refractivity contribution in [1.29, 1.82) is 0 Å². The predicted molar refractivity (Wildman–Crippen MR) is 111 cm³/mol. The number of halogens is 1. The molecule has 0 N–H and O–H groups in total. The van der Waals surface area contributed by atoms with E-state index >= 15 is 0 Å². The number of pyridine rings is 1. The standard InChI is InChI=1S/C24H24FN3O/c1-18-16-22(26-17-21(18)25)24(29)28-14-12-27(13-15-28)23(19-8-4-2-5-9-19)20-10-6-3-7-11-20/h2-11,16-17,23H,12-15H2,1H3. The Morgan fingerprint density at radius 1 is 0.931 bits per heavy atom. The highest BCUT2D eigenvalue weighted by Gasteiger charge is 2.29. The van der Waals surface area contributed by atoms with Crippen LogP contribution in [0.1, 0.15) is 33.2 Å². The van der Waals surface area contributed by atoms with Crippen LogP contribution in [0, 0.1) is 12.7 Å². The van der Waals surface area contributed by atoms with E-state index in [-0.39, 0.29) is 17.8 Å². The van der Waals surface area contributed by atoms with Crippen molar-refractivity contribution < 1.29 is 9.18 Å². The van der Waals surface area contributed by atoms with E-state index in [9.17, 15) is 9.18 Å². The lowest BCUT2D eigenvalue weighted by molar-refractivity contribution is 0.0591. The van der Waals surface area contributed by atoms with Gasteiger partial charge in [0.1, 0.15) is 11.5 Å². The summed E-state index contributed by atoms with van der Waals surface area (Å²) in [6, 6.07) is 22.6. The molecule has 1 amide bonds. The van der Waals surface area contributed by atoms with Crippen LogP contribution in [0.4, 0.5) is 4.39 Å². The van der Waals surface area contributed by atoms with E-state index in [1.54, 1.807) is 6.92 Å². The first kappa shape index (κ1) is 19.3. The number of aromatic nitrogens is 1. The maximum Gasteiger partial charge on any atom is 0.272 e. The molecule has 1 fully saturated rings. The summed E-state index contributed by atoms with van der Waals surface area (Å²) in [5.41, 5.74) is 3.24. The first-order valence-corrected chi connectivity index (χ1v) is 9.89. The summed E-state index contributed by atoms with van der Waals surface area (Å²) >= 11 is 0. The Labute approximate surface area is 170 Å². The minimum absolute atomic E-state index is 0.135. The van der Waals surface area contributed by atoms with E-state index in [4.69, 9.17) is 0 Å². The third kappa shape index (κ3) is 4.20. The highest BCUT2D eigenvalue weighted by molar-refractivity contribution is 5.92. The number of hydrogen-bond acceptors (Lipinski definition) is 3. The second kappa shape index (κ2) is 8.53. The zero-order valence-electron chi connectivity index (χ0n) is 16.5. The van der Waals surface area contributed by atoms with Crippen LogP contribution >= 0.6 is 0 Å². The number of hydrogen-bond donors (Lipinski definition) is 0. The molecule has 1 aliphatic rings. The minimum atomic E-state index is -0.389. The number of aryl methyl sites for hydroxylation is 1. The van der Waals surface area contributed by atoms with Crippen LogP contribution in [0.25, 0.3) is 0 Å². The molecule has 0 spiro atoms. The maximum absolute atomic E-state index is 13.5. The second-order valence-corrected chi connectivity index (χ2v) is 7.37. The maximum atomic E-state index is 13.5. The van der Waals surface area contributed by atoms with Crippen molar-refractivity contribution in [1.82, 2.24) is 14.8 Å². The van der Waals surface area contributed by atoms with Gasteiger partial charge in [-0.25, -0.2) is 9.37 Å². The van der Waals surface area contributed by atoms with Crippen molar-refractivity contribution in [2.45, 2.75) is 13.0 Å². The Morgan fingerprint density at radius 2 is 1.48 bits per heavy atom. The molecule has 4 nitrogen and oxygen atoms in total. The molecule has 29 heavy (non-hydrogen) atoms. The van der Waals surface area contributed by atoms with Crippen LogP contribution in [0.5, 0.6) is 0 Å². The van der Waals surface area contributed by atoms with Gasteiger partial charge < -0.3 is 4.90 Å². The summed E-state index contributed by atoms with van der Waals surface area (Å²) in [6.45, 7) is 4.41. The van der Waals surface area contributed by atoms with Gasteiger partial charge in [-0.15, -0.1) is 0 Å². The van der Waals surface area contributed by atoms with E-state index in [2.05, 4.69) is 58.4 Å². The summed E-state index contributed by atoms with van der Waals surface area (Å²) in [5.74, 6) is -0.524. The van der Waals surface area contributed by atoms with E-state index in [1.807, 2.05) is 17.0 Å². The normalized spacial score (nSPS) is 14.9. The molecule has 1 aliphatic heterocycles. The molecule has 0 unspecified atom stereocenters. The summed E-state index contributed by atoms with van der Waals surface area (Å²) in [7, 11) is 0. The molecule has 1 saturated heterocycles. The fourth-order valence-electron chi connectivity index (χ4n) is 3.89. The minimum Gasteiger partial charge on any atom is -0.335 e. The Kier molecular flexibility index (Phi) is 5.67.